The number of benzene rings is 1. The van der Waals surface area contributed by atoms with Gasteiger partial charge >= 0.3 is 5.97 Å². The minimum Gasteiger partial charge on any atom is -0.478 e. The summed E-state index contributed by atoms with van der Waals surface area (Å²) < 4.78 is 0. The number of carboxylic acid groups (broad SMARTS) is 1. The van der Waals surface area contributed by atoms with E-state index in [1.165, 1.54) is 0 Å². The molecule has 1 aromatic heterocycles. The van der Waals surface area contributed by atoms with Crippen LogP contribution < -0.4 is 0 Å². The van der Waals surface area contributed by atoms with Crippen LogP contribution in [0.1, 0.15) is 38.9 Å². The Balaban J connectivity index is 2.87. The number of aldehydes is 1. The van der Waals surface area contributed by atoms with Crippen molar-refractivity contribution in [2.75, 3.05) is 0 Å². The van der Waals surface area contributed by atoms with Gasteiger partial charge in [-0.15, -0.1) is 0 Å². The standard InChI is InChI=1S/C13H13NO3/c1-3-8-4-9(13(16)17)5-10-11(6-15)7(2)14-12(8)10/h4-6,14H,3H2,1-2H3,(H,16,17). The van der Waals surface area contributed by atoms with E-state index >= 15 is 0 Å². The van der Waals surface area contributed by atoms with Gasteiger partial charge in [0.25, 0.3) is 0 Å². The predicted octanol–water partition coefficient (Wildman–Crippen LogP) is 2.55. The smallest absolute Gasteiger partial charge is 0.335 e. The number of hydrogen-bond donors (Lipinski definition) is 2. The molecule has 1 heterocycles. The van der Waals surface area contributed by atoms with Crippen molar-refractivity contribution in [1.82, 2.24) is 4.98 Å². The summed E-state index contributed by atoms with van der Waals surface area (Å²) in [4.78, 5) is 25.2. The highest BCUT2D eigenvalue weighted by atomic mass is 16.4. The van der Waals surface area contributed by atoms with E-state index in [1.807, 2.05) is 13.8 Å². The molecule has 0 unspecified atom stereocenters. The van der Waals surface area contributed by atoms with Gasteiger partial charge in [-0.1, -0.05) is 6.92 Å². The maximum absolute atomic E-state index is 11.0. The first-order valence-electron chi connectivity index (χ1n) is 5.42. The first kappa shape index (κ1) is 11.4. The maximum atomic E-state index is 11.0. The van der Waals surface area contributed by atoms with E-state index in [-0.39, 0.29) is 5.56 Å². The molecule has 0 bridgehead atoms. The third-order valence-corrected chi connectivity index (χ3v) is 2.97. The number of carbonyl (C=O) groups excluding carboxylic acids is 1. The van der Waals surface area contributed by atoms with Gasteiger partial charge < -0.3 is 10.1 Å². The molecule has 2 rings (SSSR count). The van der Waals surface area contributed by atoms with Crippen molar-refractivity contribution in [1.29, 1.82) is 0 Å². The summed E-state index contributed by atoms with van der Waals surface area (Å²) in [5.74, 6) is -0.975. The van der Waals surface area contributed by atoms with Gasteiger partial charge in [-0.25, -0.2) is 4.79 Å². The van der Waals surface area contributed by atoms with Crippen molar-refractivity contribution in [2.45, 2.75) is 20.3 Å². The molecule has 2 N–H and O–H groups in total. The Morgan fingerprint density at radius 1 is 1.47 bits per heavy atom. The van der Waals surface area contributed by atoms with Gasteiger partial charge in [0.2, 0.25) is 0 Å². The van der Waals surface area contributed by atoms with E-state index in [2.05, 4.69) is 4.98 Å². The topological polar surface area (TPSA) is 70.2 Å². The monoisotopic (exact) mass is 231 g/mol. The lowest BCUT2D eigenvalue weighted by Gasteiger charge is -2.02. The van der Waals surface area contributed by atoms with Crippen LogP contribution in [0.5, 0.6) is 0 Å². The number of nitrogens with one attached hydrogen (secondary N) is 1. The molecule has 1 aromatic carbocycles. The normalized spacial score (nSPS) is 10.7. The number of fused-ring (bicyclic) bond motifs is 1. The van der Waals surface area contributed by atoms with E-state index in [0.717, 1.165) is 29.5 Å². The lowest BCUT2D eigenvalue weighted by atomic mass is 10.0. The number of aromatic amines is 1. The number of H-pyrrole nitrogens is 1. The SMILES string of the molecule is CCc1cc(C(=O)O)cc2c(C=O)c(C)[nH]c12. The third-order valence-electron chi connectivity index (χ3n) is 2.97. The molecule has 2 aromatic rings. The molecule has 0 fully saturated rings. The van der Waals surface area contributed by atoms with Gasteiger partial charge in [-0.3, -0.25) is 4.79 Å². The number of carbonyl (C=O) groups is 2. The summed E-state index contributed by atoms with van der Waals surface area (Å²) in [6.45, 7) is 3.76. The van der Waals surface area contributed by atoms with Crippen molar-refractivity contribution in [3.63, 3.8) is 0 Å². The minimum atomic E-state index is -0.975. The van der Waals surface area contributed by atoms with E-state index < -0.39 is 5.97 Å². The summed E-state index contributed by atoms with van der Waals surface area (Å²) in [6, 6.07) is 3.19. The summed E-state index contributed by atoms with van der Waals surface area (Å²) in [6.07, 6.45) is 1.48. The van der Waals surface area contributed by atoms with E-state index in [4.69, 9.17) is 5.11 Å². The molecule has 0 saturated carbocycles. The molecule has 0 spiro atoms. The Morgan fingerprint density at radius 3 is 2.71 bits per heavy atom. The lowest BCUT2D eigenvalue weighted by Crippen LogP contribution is -1.98. The zero-order valence-corrected chi connectivity index (χ0v) is 9.70. The number of rotatable bonds is 3. The van der Waals surface area contributed by atoms with Crippen LogP contribution in [0.15, 0.2) is 12.1 Å². The number of aryl methyl sites for hydroxylation is 2. The van der Waals surface area contributed by atoms with Crippen LogP contribution in [-0.4, -0.2) is 22.3 Å². The second-order valence-electron chi connectivity index (χ2n) is 4.00. The average molecular weight is 231 g/mol. The molecule has 4 heteroatoms. The largest absolute Gasteiger partial charge is 0.478 e. The van der Waals surface area contributed by atoms with Crippen LogP contribution in [-0.2, 0) is 6.42 Å². The van der Waals surface area contributed by atoms with E-state index in [0.29, 0.717) is 10.9 Å². The Bertz CT molecular complexity index is 611. The van der Waals surface area contributed by atoms with Crippen molar-refractivity contribution in [3.05, 3.63) is 34.5 Å². The number of hydrogen-bond acceptors (Lipinski definition) is 2. The molecule has 0 atom stereocenters. The molecule has 0 saturated heterocycles. The van der Waals surface area contributed by atoms with Crippen molar-refractivity contribution >= 4 is 23.2 Å². The predicted molar refractivity (Wildman–Crippen MR) is 64.8 cm³/mol. The number of aromatic carboxylic acids is 1. The van der Waals surface area contributed by atoms with Gasteiger partial charge in [0.05, 0.1) is 5.56 Å². The van der Waals surface area contributed by atoms with Crippen molar-refractivity contribution < 1.29 is 14.7 Å². The van der Waals surface area contributed by atoms with Gasteiger partial charge in [0.1, 0.15) is 0 Å². The fourth-order valence-corrected chi connectivity index (χ4v) is 2.07. The first-order valence-corrected chi connectivity index (χ1v) is 5.42. The maximum Gasteiger partial charge on any atom is 0.335 e. The van der Waals surface area contributed by atoms with Crippen LogP contribution in [0, 0.1) is 6.92 Å². The molecule has 88 valence electrons. The Morgan fingerprint density at radius 2 is 2.18 bits per heavy atom. The van der Waals surface area contributed by atoms with Crippen LogP contribution in [0.4, 0.5) is 0 Å². The minimum absolute atomic E-state index is 0.219. The molecule has 0 amide bonds. The highest BCUT2D eigenvalue weighted by Gasteiger charge is 2.14. The molecular formula is C13H13NO3. The fourth-order valence-electron chi connectivity index (χ4n) is 2.07. The second-order valence-corrected chi connectivity index (χ2v) is 4.00. The highest BCUT2D eigenvalue weighted by molar-refractivity contribution is 6.03. The molecule has 0 aliphatic rings. The number of carboxylic acids is 1. The van der Waals surface area contributed by atoms with Crippen LogP contribution in [0.25, 0.3) is 10.9 Å². The summed E-state index contributed by atoms with van der Waals surface area (Å²) in [5.41, 5.74) is 3.30. The number of aromatic nitrogens is 1. The molecule has 17 heavy (non-hydrogen) atoms. The van der Waals surface area contributed by atoms with Crippen LogP contribution in [0.2, 0.25) is 0 Å². The molecule has 0 aliphatic heterocycles. The quantitative estimate of drug-likeness (QED) is 0.797. The van der Waals surface area contributed by atoms with Crippen molar-refractivity contribution in [2.24, 2.45) is 0 Å². The second kappa shape index (κ2) is 4.05. The van der Waals surface area contributed by atoms with E-state index in [9.17, 15) is 9.59 Å². The Labute approximate surface area is 98.3 Å². The van der Waals surface area contributed by atoms with E-state index in [1.54, 1.807) is 12.1 Å². The molecular weight excluding hydrogens is 218 g/mol. The zero-order chi connectivity index (χ0) is 12.6. The van der Waals surface area contributed by atoms with Gasteiger partial charge in [-0.2, -0.15) is 0 Å². The average Bonchev–Trinajstić information content (AvgIpc) is 2.62. The van der Waals surface area contributed by atoms with Gasteiger partial charge in [-0.05, 0) is 31.0 Å². The molecule has 4 nitrogen and oxygen atoms in total. The lowest BCUT2D eigenvalue weighted by molar-refractivity contribution is 0.0696. The van der Waals surface area contributed by atoms with Gasteiger partial charge in [0, 0.05) is 22.2 Å². The molecule has 0 radical (unpaired) electrons. The van der Waals surface area contributed by atoms with Crippen molar-refractivity contribution in [3.8, 4) is 0 Å². The summed E-state index contributed by atoms with van der Waals surface area (Å²) in [5, 5.41) is 9.73. The Kier molecular flexibility index (Phi) is 2.71. The molecule has 0 aliphatic carbocycles. The van der Waals surface area contributed by atoms with Gasteiger partial charge in [0.15, 0.2) is 6.29 Å². The Hall–Kier alpha value is -2.10. The fraction of sp³-hybridized carbons (Fsp3) is 0.231. The van der Waals surface area contributed by atoms with Crippen LogP contribution >= 0.6 is 0 Å². The first-order chi connectivity index (χ1) is 8.08. The zero-order valence-electron chi connectivity index (χ0n) is 9.70. The third kappa shape index (κ3) is 1.71. The summed E-state index contributed by atoms with van der Waals surface area (Å²) >= 11 is 0. The highest BCUT2D eigenvalue weighted by Crippen LogP contribution is 2.26. The summed E-state index contributed by atoms with van der Waals surface area (Å²) in [7, 11) is 0. The van der Waals surface area contributed by atoms with Crippen LogP contribution in [0.3, 0.4) is 0 Å².